The van der Waals surface area contributed by atoms with Crippen molar-refractivity contribution >= 4 is 0 Å². The molecule has 2 rings (SSSR count). The van der Waals surface area contributed by atoms with Gasteiger partial charge in [-0.05, 0) is 0 Å². The predicted octanol–water partition coefficient (Wildman–Crippen LogP) is 3.50. The van der Waals surface area contributed by atoms with Gasteiger partial charge in [-0.25, -0.2) is 12.2 Å². The van der Waals surface area contributed by atoms with E-state index in [0.29, 0.717) is 0 Å². The molecule has 15 heavy (non-hydrogen) atoms. The first kappa shape index (κ1) is 14.4. The zero-order valence-corrected chi connectivity index (χ0v) is 11.0. The summed E-state index contributed by atoms with van der Waals surface area (Å²) in [6, 6.07) is 4.02. The number of nitrogens with zero attached hydrogens (tertiary/aromatic N) is 1. The first-order chi connectivity index (χ1) is 6.79. The Balaban J connectivity index is 0.000000245. The fraction of sp³-hybridized carbons (Fsp3) is 0.385. The summed E-state index contributed by atoms with van der Waals surface area (Å²) in [5.41, 5.74) is 2.22. The summed E-state index contributed by atoms with van der Waals surface area (Å²) in [7, 11) is 0. The molecule has 0 aromatic carbocycles. The van der Waals surface area contributed by atoms with Gasteiger partial charge < -0.3 is 4.98 Å². The average Bonchev–Trinajstić information content (AvgIpc) is 2.49. The van der Waals surface area contributed by atoms with Crippen molar-refractivity contribution in [3.8, 4) is 0 Å². The van der Waals surface area contributed by atoms with Gasteiger partial charge in [-0.3, -0.25) is 6.08 Å². The zero-order valence-electron chi connectivity index (χ0n) is 9.31. The third-order valence-corrected chi connectivity index (χ3v) is 1.96. The molecule has 2 heteroatoms. The van der Waals surface area contributed by atoms with E-state index >= 15 is 0 Å². The molecule has 0 aliphatic heterocycles. The van der Waals surface area contributed by atoms with Crippen LogP contribution in [0.5, 0.6) is 0 Å². The molecule has 82 valence electrons. The van der Waals surface area contributed by atoms with Gasteiger partial charge in [-0.15, -0.1) is 12.1 Å². The van der Waals surface area contributed by atoms with Gasteiger partial charge in [0.15, 0.2) is 0 Å². The van der Waals surface area contributed by atoms with Gasteiger partial charge in [0.1, 0.15) is 0 Å². The first-order valence-corrected chi connectivity index (χ1v) is 5.08. The van der Waals surface area contributed by atoms with Gasteiger partial charge >= 0.3 is 19.5 Å². The van der Waals surface area contributed by atoms with Crippen molar-refractivity contribution in [2.45, 2.75) is 33.1 Å². The smallest absolute Gasteiger partial charge is 0.397 e. The van der Waals surface area contributed by atoms with Crippen LogP contribution in [0.3, 0.4) is 0 Å². The molecule has 0 radical (unpaired) electrons. The molecule has 1 aliphatic carbocycles. The average molecular weight is 288 g/mol. The Morgan fingerprint density at radius 2 is 2.27 bits per heavy atom. The van der Waals surface area contributed by atoms with E-state index in [1.165, 1.54) is 12.8 Å². The maximum absolute atomic E-state index is 4.11. The molecule has 0 fully saturated rings. The summed E-state index contributed by atoms with van der Waals surface area (Å²) in [5.74, 6) is 0. The maximum atomic E-state index is 4.11. The monoisotopic (exact) mass is 289 g/mol. The summed E-state index contributed by atoms with van der Waals surface area (Å²) in [4.78, 5) is 4.11. The quantitative estimate of drug-likeness (QED) is 0.526. The molecular weight excluding hydrogens is 271 g/mol. The van der Waals surface area contributed by atoms with Crippen LogP contribution in [0.1, 0.15) is 30.7 Å². The van der Waals surface area contributed by atoms with Crippen molar-refractivity contribution in [1.29, 1.82) is 0 Å². The minimum absolute atomic E-state index is 0. The number of hydrogen-bond donors (Lipinski definition) is 0. The fourth-order valence-corrected chi connectivity index (χ4v) is 1.23. The van der Waals surface area contributed by atoms with Crippen LogP contribution in [0.4, 0.5) is 0 Å². The minimum atomic E-state index is 0. The topological polar surface area (TPSA) is 12.9 Å². The fourth-order valence-electron chi connectivity index (χ4n) is 1.23. The Hall–Kier alpha value is -0.617. The molecule has 1 aromatic rings. The first-order valence-electron chi connectivity index (χ1n) is 5.08. The van der Waals surface area contributed by atoms with Crippen LogP contribution in [0.2, 0.25) is 0 Å². The van der Waals surface area contributed by atoms with E-state index in [1.807, 2.05) is 32.1 Å². The summed E-state index contributed by atoms with van der Waals surface area (Å²) in [5, 5.41) is 0. The van der Waals surface area contributed by atoms with Gasteiger partial charge in [0.2, 0.25) is 0 Å². The second kappa shape index (κ2) is 8.67. The molecule has 0 saturated carbocycles. The van der Waals surface area contributed by atoms with Gasteiger partial charge in [-0.1, -0.05) is 32.4 Å². The minimum Gasteiger partial charge on any atom is -0.397 e. The van der Waals surface area contributed by atoms with Crippen LogP contribution in [0.25, 0.3) is 0 Å². The van der Waals surface area contributed by atoms with E-state index in [-0.39, 0.29) is 19.5 Å². The molecule has 1 aliphatic rings. The van der Waals surface area contributed by atoms with Crippen molar-refractivity contribution in [2.24, 2.45) is 0 Å². The summed E-state index contributed by atoms with van der Waals surface area (Å²) < 4.78 is 0. The summed E-state index contributed by atoms with van der Waals surface area (Å²) in [6.45, 7) is 3.99. The molecule has 0 spiro atoms. The van der Waals surface area contributed by atoms with Crippen LogP contribution in [-0.2, 0) is 19.5 Å². The zero-order chi connectivity index (χ0) is 10.2. The van der Waals surface area contributed by atoms with Crippen LogP contribution < -0.4 is 0 Å². The SMILES string of the molecule is Cc1cc[c-](C)n1.[C-]1=CC=CCCC1.[Ru+2]. The van der Waals surface area contributed by atoms with E-state index in [4.69, 9.17) is 0 Å². The molecule has 0 N–H and O–H groups in total. The predicted molar refractivity (Wildman–Crippen MR) is 60.1 cm³/mol. The molecule has 0 atom stereocenters. The van der Waals surface area contributed by atoms with Gasteiger partial charge in [-0.2, -0.15) is 18.2 Å². The van der Waals surface area contributed by atoms with E-state index in [0.717, 1.165) is 17.8 Å². The Morgan fingerprint density at radius 1 is 1.47 bits per heavy atom. The number of aryl methyl sites for hydroxylation is 2. The van der Waals surface area contributed by atoms with Crippen LogP contribution >= 0.6 is 0 Å². The Morgan fingerprint density at radius 3 is 2.80 bits per heavy atom. The van der Waals surface area contributed by atoms with Gasteiger partial charge in [0.25, 0.3) is 0 Å². The van der Waals surface area contributed by atoms with Crippen molar-refractivity contribution < 1.29 is 19.5 Å². The molecule has 0 saturated heterocycles. The Labute approximate surface area is 105 Å². The van der Waals surface area contributed by atoms with Crippen molar-refractivity contribution in [3.63, 3.8) is 0 Å². The van der Waals surface area contributed by atoms with Gasteiger partial charge in [0, 0.05) is 0 Å². The van der Waals surface area contributed by atoms with Crippen molar-refractivity contribution in [2.75, 3.05) is 0 Å². The van der Waals surface area contributed by atoms with Crippen molar-refractivity contribution in [1.82, 2.24) is 4.98 Å². The number of hydrogen-bond acceptors (Lipinski definition) is 1. The van der Waals surface area contributed by atoms with Crippen LogP contribution in [-0.4, -0.2) is 4.98 Å². The van der Waals surface area contributed by atoms with E-state index in [9.17, 15) is 0 Å². The van der Waals surface area contributed by atoms with Crippen LogP contribution in [0.15, 0.2) is 30.4 Å². The summed E-state index contributed by atoms with van der Waals surface area (Å²) >= 11 is 0. The molecule has 0 amide bonds. The third-order valence-electron chi connectivity index (χ3n) is 1.96. The maximum Gasteiger partial charge on any atom is 2.00 e. The molecule has 1 aromatic heterocycles. The second-order valence-electron chi connectivity index (χ2n) is 3.42. The van der Waals surface area contributed by atoms with Gasteiger partial charge in [0.05, 0.1) is 0 Å². The molecule has 1 heterocycles. The molecule has 0 unspecified atom stereocenters. The summed E-state index contributed by atoms with van der Waals surface area (Å²) in [6.07, 6.45) is 13.0. The van der Waals surface area contributed by atoms with E-state index in [1.54, 1.807) is 0 Å². The van der Waals surface area contributed by atoms with E-state index in [2.05, 4.69) is 23.2 Å². The number of rotatable bonds is 0. The normalized spacial score (nSPS) is 13.5. The van der Waals surface area contributed by atoms with Crippen LogP contribution in [0, 0.1) is 19.9 Å². The third kappa shape index (κ3) is 7.33. The second-order valence-corrected chi connectivity index (χ2v) is 3.42. The standard InChI is InChI=1S/C7H9.C6H8N.Ru/c1-2-4-6-7-5-3-1;1-5-3-4-6(2)7-5;/h1-3H,4,6-7H2;3-4H,1-2H3;/q2*-1;+2. The molecule has 1 nitrogen and oxygen atoms in total. The molecular formula is C13H17NRu. The largest absolute Gasteiger partial charge is 2.00 e. The Bertz CT molecular complexity index is 282. The Kier molecular flexibility index (Phi) is 8.32. The molecule has 0 bridgehead atoms. The van der Waals surface area contributed by atoms with E-state index < -0.39 is 0 Å². The number of aromatic nitrogens is 1. The number of allylic oxidation sites excluding steroid dienone is 4. The van der Waals surface area contributed by atoms with Crippen molar-refractivity contribution in [3.05, 3.63) is 47.8 Å².